The van der Waals surface area contributed by atoms with E-state index in [1.54, 1.807) is 12.1 Å². The van der Waals surface area contributed by atoms with Crippen LogP contribution in [0.15, 0.2) is 18.2 Å². The van der Waals surface area contributed by atoms with E-state index in [0.717, 1.165) is 19.4 Å². The van der Waals surface area contributed by atoms with Gasteiger partial charge in [-0.2, -0.15) is 0 Å². The summed E-state index contributed by atoms with van der Waals surface area (Å²) >= 11 is 0. The molecule has 1 fully saturated rings. The van der Waals surface area contributed by atoms with Crippen molar-refractivity contribution in [3.8, 4) is 0 Å². The molecule has 6 nitrogen and oxygen atoms in total. The zero-order valence-electron chi connectivity index (χ0n) is 12.8. The number of nitro groups is 1. The molecule has 0 saturated carbocycles. The number of amides is 1. The third-order valence-electron chi connectivity index (χ3n) is 4.00. The minimum atomic E-state index is -0.430. The number of carbonyl (C=O) groups excluding carboxylic acids is 1. The fourth-order valence-corrected chi connectivity index (χ4v) is 2.67. The van der Waals surface area contributed by atoms with Crippen LogP contribution in [-0.4, -0.2) is 29.5 Å². The van der Waals surface area contributed by atoms with Gasteiger partial charge in [0.25, 0.3) is 11.6 Å². The lowest BCUT2D eigenvalue weighted by molar-refractivity contribution is -0.385. The first kappa shape index (κ1) is 18.4. The molecule has 0 aromatic heterocycles. The highest BCUT2D eigenvalue weighted by atomic mass is 35.5. The topological polar surface area (TPSA) is 84.3 Å². The van der Waals surface area contributed by atoms with E-state index in [1.807, 2.05) is 13.8 Å². The first-order valence-corrected chi connectivity index (χ1v) is 7.34. The van der Waals surface area contributed by atoms with Crippen molar-refractivity contribution in [1.29, 1.82) is 0 Å². The molecule has 2 unspecified atom stereocenters. The summed E-state index contributed by atoms with van der Waals surface area (Å²) in [6.07, 6.45) is 2.51. The summed E-state index contributed by atoms with van der Waals surface area (Å²) in [5.41, 5.74) is 1.00. The molecule has 2 atom stereocenters. The average Bonchev–Trinajstić information content (AvgIpc) is 2.48. The molecule has 1 saturated heterocycles. The molecule has 2 N–H and O–H groups in total. The number of nitrogens with zero attached hydrogens (tertiary/aromatic N) is 1. The average molecular weight is 328 g/mol. The highest BCUT2D eigenvalue weighted by Gasteiger charge is 2.24. The maximum Gasteiger partial charge on any atom is 0.273 e. The summed E-state index contributed by atoms with van der Waals surface area (Å²) in [7, 11) is 0. The van der Waals surface area contributed by atoms with Gasteiger partial charge in [0.05, 0.1) is 4.92 Å². The third kappa shape index (κ3) is 4.18. The number of piperidine rings is 1. The minimum absolute atomic E-state index is 0. The van der Waals surface area contributed by atoms with Gasteiger partial charge in [0.1, 0.15) is 0 Å². The van der Waals surface area contributed by atoms with Crippen LogP contribution >= 0.6 is 12.4 Å². The summed E-state index contributed by atoms with van der Waals surface area (Å²) in [5.74, 6) is -0.249. The fraction of sp³-hybridized carbons (Fsp3) is 0.533. The predicted molar refractivity (Wildman–Crippen MR) is 87.7 cm³/mol. The Bertz CT molecular complexity index is 551. The van der Waals surface area contributed by atoms with Crippen molar-refractivity contribution in [1.82, 2.24) is 10.6 Å². The Balaban J connectivity index is 0.00000242. The first-order valence-electron chi connectivity index (χ1n) is 7.34. The Morgan fingerprint density at radius 3 is 2.82 bits per heavy atom. The molecule has 0 bridgehead atoms. The van der Waals surface area contributed by atoms with Gasteiger partial charge in [0.15, 0.2) is 0 Å². The lowest BCUT2D eigenvalue weighted by atomic mass is 9.99. The maximum absolute atomic E-state index is 12.3. The van der Waals surface area contributed by atoms with E-state index in [9.17, 15) is 14.9 Å². The van der Waals surface area contributed by atoms with Gasteiger partial charge in [-0.25, -0.2) is 0 Å². The van der Waals surface area contributed by atoms with Gasteiger partial charge in [-0.1, -0.05) is 13.0 Å². The van der Waals surface area contributed by atoms with E-state index < -0.39 is 4.92 Å². The molecular weight excluding hydrogens is 306 g/mol. The van der Waals surface area contributed by atoms with E-state index in [2.05, 4.69) is 10.6 Å². The molecule has 1 aromatic carbocycles. The molecule has 2 rings (SSSR count). The van der Waals surface area contributed by atoms with Crippen molar-refractivity contribution in [3.63, 3.8) is 0 Å². The second-order valence-corrected chi connectivity index (χ2v) is 5.42. The van der Waals surface area contributed by atoms with Crippen LogP contribution in [0.1, 0.15) is 42.6 Å². The molecule has 0 radical (unpaired) electrons. The van der Waals surface area contributed by atoms with Crippen molar-refractivity contribution in [2.75, 3.05) is 6.54 Å². The Kier molecular flexibility index (Phi) is 6.77. The second kappa shape index (κ2) is 8.10. The highest BCUT2D eigenvalue weighted by Crippen LogP contribution is 2.21. The van der Waals surface area contributed by atoms with Crippen LogP contribution < -0.4 is 10.6 Å². The van der Waals surface area contributed by atoms with Crippen LogP contribution in [0.5, 0.6) is 0 Å². The number of hydrogen-bond acceptors (Lipinski definition) is 4. The number of nitrogens with one attached hydrogen (secondary N) is 2. The molecular formula is C15H22ClN3O3. The largest absolute Gasteiger partial charge is 0.348 e. The summed E-state index contributed by atoms with van der Waals surface area (Å²) < 4.78 is 0. The number of carbonyl (C=O) groups is 1. The molecule has 0 aliphatic carbocycles. The Labute approximate surface area is 136 Å². The van der Waals surface area contributed by atoms with Gasteiger partial charge in [0, 0.05) is 29.3 Å². The van der Waals surface area contributed by atoms with Crippen LogP contribution in [0.2, 0.25) is 0 Å². The number of hydrogen-bond donors (Lipinski definition) is 2. The molecule has 1 amide bonds. The SMILES string of the molecule is CCc1ccc(C(=O)NC2CCCNC2C)cc1[N+](=O)[O-].Cl. The van der Waals surface area contributed by atoms with Gasteiger partial charge in [0.2, 0.25) is 0 Å². The van der Waals surface area contributed by atoms with Crippen molar-refractivity contribution in [3.05, 3.63) is 39.4 Å². The lowest BCUT2D eigenvalue weighted by Crippen LogP contribution is -2.51. The number of benzene rings is 1. The Morgan fingerprint density at radius 1 is 1.50 bits per heavy atom. The summed E-state index contributed by atoms with van der Waals surface area (Å²) in [6, 6.07) is 4.97. The molecule has 1 aliphatic rings. The zero-order chi connectivity index (χ0) is 15.4. The Hall–Kier alpha value is -1.66. The lowest BCUT2D eigenvalue weighted by Gasteiger charge is -2.30. The summed E-state index contributed by atoms with van der Waals surface area (Å²) in [6.45, 7) is 4.86. The van der Waals surface area contributed by atoms with Gasteiger partial charge >= 0.3 is 0 Å². The fourth-order valence-electron chi connectivity index (χ4n) is 2.67. The van der Waals surface area contributed by atoms with E-state index in [0.29, 0.717) is 17.5 Å². The van der Waals surface area contributed by atoms with E-state index in [1.165, 1.54) is 6.07 Å². The monoisotopic (exact) mass is 327 g/mol. The summed E-state index contributed by atoms with van der Waals surface area (Å²) in [5, 5.41) is 17.3. The summed E-state index contributed by atoms with van der Waals surface area (Å²) in [4.78, 5) is 22.9. The number of nitro benzene ring substituents is 1. The quantitative estimate of drug-likeness (QED) is 0.657. The van der Waals surface area contributed by atoms with E-state index in [4.69, 9.17) is 0 Å². The van der Waals surface area contributed by atoms with Gasteiger partial charge in [-0.15, -0.1) is 12.4 Å². The van der Waals surface area contributed by atoms with Crippen LogP contribution in [0.4, 0.5) is 5.69 Å². The van der Waals surface area contributed by atoms with Crippen LogP contribution in [0.3, 0.4) is 0 Å². The standard InChI is InChI=1S/C15H21N3O3.ClH/c1-3-11-6-7-12(9-14(11)18(20)21)15(19)17-13-5-4-8-16-10(13)2;/h6-7,9-10,13,16H,3-5,8H2,1-2H3,(H,17,19);1H. The number of aryl methyl sites for hydroxylation is 1. The molecule has 122 valence electrons. The van der Waals surface area contributed by atoms with Gasteiger partial charge in [-0.3, -0.25) is 14.9 Å². The molecule has 1 aliphatic heterocycles. The number of rotatable bonds is 4. The maximum atomic E-state index is 12.3. The molecule has 1 aromatic rings. The molecule has 0 spiro atoms. The van der Waals surface area contributed by atoms with Crippen LogP contribution in [0, 0.1) is 10.1 Å². The van der Waals surface area contributed by atoms with Crippen LogP contribution in [0.25, 0.3) is 0 Å². The van der Waals surface area contributed by atoms with E-state index in [-0.39, 0.29) is 36.1 Å². The molecule has 1 heterocycles. The number of halogens is 1. The minimum Gasteiger partial charge on any atom is -0.348 e. The third-order valence-corrected chi connectivity index (χ3v) is 4.00. The molecule has 7 heteroatoms. The normalized spacial score (nSPS) is 20.8. The Morgan fingerprint density at radius 2 is 2.23 bits per heavy atom. The van der Waals surface area contributed by atoms with Crippen molar-refractivity contribution >= 4 is 24.0 Å². The van der Waals surface area contributed by atoms with Crippen molar-refractivity contribution in [2.45, 2.75) is 45.2 Å². The van der Waals surface area contributed by atoms with E-state index >= 15 is 0 Å². The van der Waals surface area contributed by atoms with Gasteiger partial charge < -0.3 is 10.6 Å². The smallest absolute Gasteiger partial charge is 0.273 e. The highest BCUT2D eigenvalue weighted by molar-refractivity contribution is 5.95. The van der Waals surface area contributed by atoms with Gasteiger partial charge in [-0.05, 0) is 38.8 Å². The molecule has 22 heavy (non-hydrogen) atoms. The zero-order valence-corrected chi connectivity index (χ0v) is 13.6. The first-order chi connectivity index (χ1) is 10.0. The predicted octanol–water partition coefficient (Wildman–Crippen LogP) is 2.45. The van der Waals surface area contributed by atoms with Crippen molar-refractivity contribution < 1.29 is 9.72 Å². The van der Waals surface area contributed by atoms with Crippen molar-refractivity contribution in [2.24, 2.45) is 0 Å². The second-order valence-electron chi connectivity index (χ2n) is 5.42. The van der Waals surface area contributed by atoms with Crippen LogP contribution in [-0.2, 0) is 6.42 Å².